The lowest BCUT2D eigenvalue weighted by molar-refractivity contribution is 0.0940. The average Bonchev–Trinajstić information content (AvgIpc) is 2.97. The highest BCUT2D eigenvalue weighted by atomic mass is 79.9. The number of aromatic nitrogens is 2. The molecule has 1 saturated heterocycles. The first-order valence-electron chi connectivity index (χ1n) is 6.80. The summed E-state index contributed by atoms with van der Waals surface area (Å²) in [6, 6.07) is 10.1. The molecule has 108 valence electrons. The topological polar surface area (TPSA) is 58.1 Å². The molecule has 0 bridgehead atoms. The van der Waals surface area contributed by atoms with Gasteiger partial charge in [-0.3, -0.25) is 4.79 Å². The van der Waals surface area contributed by atoms with E-state index in [1.54, 1.807) is 6.07 Å². The van der Waals surface area contributed by atoms with Gasteiger partial charge in [0, 0.05) is 29.3 Å². The van der Waals surface area contributed by atoms with Crippen molar-refractivity contribution < 1.29 is 4.79 Å². The first-order valence-corrected chi connectivity index (χ1v) is 7.60. The summed E-state index contributed by atoms with van der Waals surface area (Å²) in [5, 5.41) is 10.5. The fourth-order valence-electron chi connectivity index (χ4n) is 2.46. The van der Waals surface area contributed by atoms with Gasteiger partial charge in [0.25, 0.3) is 5.91 Å². The number of benzene rings is 1. The van der Waals surface area contributed by atoms with Crippen LogP contribution in [-0.4, -0.2) is 35.2 Å². The van der Waals surface area contributed by atoms with Crippen LogP contribution in [0.4, 0.5) is 5.69 Å². The number of anilines is 1. The van der Waals surface area contributed by atoms with E-state index in [0.29, 0.717) is 5.56 Å². The fourth-order valence-corrected chi connectivity index (χ4v) is 2.72. The number of hydrogen-bond acceptors (Lipinski definition) is 4. The smallest absolute Gasteiger partial charge is 0.253 e. The van der Waals surface area contributed by atoms with Crippen LogP contribution in [0.25, 0.3) is 0 Å². The zero-order valence-electron chi connectivity index (χ0n) is 11.4. The van der Waals surface area contributed by atoms with Crippen molar-refractivity contribution in [1.82, 2.24) is 15.5 Å². The van der Waals surface area contributed by atoms with Gasteiger partial charge in [-0.05, 0) is 36.8 Å². The molecule has 1 aromatic heterocycles. The summed E-state index contributed by atoms with van der Waals surface area (Å²) in [6.45, 7) is 1.77. The van der Waals surface area contributed by atoms with Crippen molar-refractivity contribution in [3.05, 3.63) is 52.8 Å². The minimum atomic E-state index is -0.0902. The predicted molar refractivity (Wildman–Crippen MR) is 84.3 cm³/mol. The van der Waals surface area contributed by atoms with Crippen LogP contribution in [0.5, 0.6) is 0 Å². The molecular formula is C15H15BrN4O. The number of carbonyl (C=O) groups excluding carboxylic acids is 1. The van der Waals surface area contributed by atoms with Gasteiger partial charge in [-0.25, -0.2) is 0 Å². The summed E-state index contributed by atoms with van der Waals surface area (Å²) in [5.74, 6) is -0.0902. The molecule has 1 atom stereocenters. The molecular weight excluding hydrogens is 332 g/mol. The van der Waals surface area contributed by atoms with Gasteiger partial charge in [0.1, 0.15) is 0 Å². The van der Waals surface area contributed by atoms with Crippen molar-refractivity contribution in [2.24, 2.45) is 0 Å². The van der Waals surface area contributed by atoms with E-state index in [1.807, 2.05) is 12.1 Å². The van der Waals surface area contributed by atoms with Gasteiger partial charge in [-0.1, -0.05) is 15.9 Å². The molecule has 0 aliphatic carbocycles. The molecule has 1 aromatic carbocycles. The second-order valence-corrected chi connectivity index (χ2v) is 5.93. The van der Waals surface area contributed by atoms with Crippen molar-refractivity contribution >= 4 is 27.5 Å². The maximum atomic E-state index is 12.1. The normalized spacial score (nSPS) is 17.8. The standard InChI is InChI=1S/C15H15BrN4O/c16-12-1-3-14(4-2-12)20-8-6-13(10-20)19-15(21)11-5-7-17-18-9-11/h1-5,7,9,13H,6,8,10H2,(H,19,21). The van der Waals surface area contributed by atoms with Crippen LogP contribution in [0.15, 0.2) is 47.2 Å². The summed E-state index contributed by atoms with van der Waals surface area (Å²) in [6.07, 6.45) is 3.95. The van der Waals surface area contributed by atoms with Gasteiger partial charge in [0.15, 0.2) is 0 Å². The Balaban J connectivity index is 1.60. The molecule has 2 heterocycles. The molecule has 1 aliphatic heterocycles. The first kappa shape index (κ1) is 14.0. The Morgan fingerprint density at radius 3 is 2.76 bits per heavy atom. The Labute approximate surface area is 131 Å². The molecule has 3 rings (SSSR count). The quantitative estimate of drug-likeness (QED) is 0.925. The van der Waals surface area contributed by atoms with Crippen LogP contribution in [0, 0.1) is 0 Å². The highest BCUT2D eigenvalue weighted by Crippen LogP contribution is 2.22. The van der Waals surface area contributed by atoms with Crippen molar-refractivity contribution in [3.63, 3.8) is 0 Å². The Bertz CT molecular complexity index is 617. The minimum Gasteiger partial charge on any atom is -0.369 e. The molecule has 6 heteroatoms. The highest BCUT2D eigenvalue weighted by molar-refractivity contribution is 9.10. The molecule has 1 unspecified atom stereocenters. The summed E-state index contributed by atoms with van der Waals surface area (Å²) in [5.41, 5.74) is 1.73. The van der Waals surface area contributed by atoms with Gasteiger partial charge < -0.3 is 10.2 Å². The third-order valence-corrected chi connectivity index (χ3v) is 4.09. The maximum Gasteiger partial charge on any atom is 0.253 e. The summed E-state index contributed by atoms with van der Waals surface area (Å²) >= 11 is 3.44. The lowest BCUT2D eigenvalue weighted by Gasteiger charge is -2.19. The third-order valence-electron chi connectivity index (χ3n) is 3.56. The fraction of sp³-hybridized carbons (Fsp3) is 0.267. The SMILES string of the molecule is O=C(NC1CCN(c2ccc(Br)cc2)C1)c1ccnnc1. The van der Waals surface area contributed by atoms with Crippen LogP contribution >= 0.6 is 15.9 Å². The van der Waals surface area contributed by atoms with E-state index < -0.39 is 0 Å². The molecule has 1 fully saturated rings. The molecule has 0 radical (unpaired) electrons. The molecule has 0 saturated carbocycles. The number of carbonyl (C=O) groups is 1. The number of nitrogens with zero attached hydrogens (tertiary/aromatic N) is 3. The number of hydrogen-bond donors (Lipinski definition) is 1. The van der Waals surface area contributed by atoms with Gasteiger partial charge in [-0.2, -0.15) is 10.2 Å². The van der Waals surface area contributed by atoms with Crippen LogP contribution in [0.3, 0.4) is 0 Å². The number of halogens is 1. The van der Waals surface area contributed by atoms with Crippen LogP contribution in [-0.2, 0) is 0 Å². The van der Waals surface area contributed by atoms with Crippen molar-refractivity contribution in [2.45, 2.75) is 12.5 Å². The van der Waals surface area contributed by atoms with E-state index in [0.717, 1.165) is 24.0 Å². The van der Waals surface area contributed by atoms with Crippen molar-refractivity contribution in [2.75, 3.05) is 18.0 Å². The van der Waals surface area contributed by atoms with E-state index in [4.69, 9.17) is 0 Å². The molecule has 5 nitrogen and oxygen atoms in total. The Morgan fingerprint density at radius 2 is 2.05 bits per heavy atom. The largest absolute Gasteiger partial charge is 0.369 e. The molecule has 1 aliphatic rings. The van der Waals surface area contributed by atoms with E-state index in [1.165, 1.54) is 18.1 Å². The van der Waals surface area contributed by atoms with Gasteiger partial charge in [-0.15, -0.1) is 0 Å². The van der Waals surface area contributed by atoms with Gasteiger partial charge in [0.2, 0.25) is 0 Å². The lowest BCUT2D eigenvalue weighted by atomic mass is 10.2. The monoisotopic (exact) mass is 346 g/mol. The van der Waals surface area contributed by atoms with Gasteiger partial charge >= 0.3 is 0 Å². The van der Waals surface area contributed by atoms with E-state index in [-0.39, 0.29) is 11.9 Å². The predicted octanol–water partition coefficient (Wildman–Crippen LogP) is 2.25. The molecule has 1 N–H and O–H groups in total. The average molecular weight is 347 g/mol. The molecule has 2 aromatic rings. The molecule has 21 heavy (non-hydrogen) atoms. The Morgan fingerprint density at radius 1 is 1.24 bits per heavy atom. The summed E-state index contributed by atoms with van der Waals surface area (Å²) < 4.78 is 1.07. The maximum absolute atomic E-state index is 12.1. The molecule has 0 spiro atoms. The second kappa shape index (κ2) is 6.22. The lowest BCUT2D eigenvalue weighted by Crippen LogP contribution is -2.37. The second-order valence-electron chi connectivity index (χ2n) is 5.01. The summed E-state index contributed by atoms with van der Waals surface area (Å²) in [7, 11) is 0. The van der Waals surface area contributed by atoms with Crippen molar-refractivity contribution in [1.29, 1.82) is 0 Å². The number of rotatable bonds is 3. The zero-order chi connectivity index (χ0) is 14.7. The Kier molecular flexibility index (Phi) is 4.15. The van der Waals surface area contributed by atoms with Crippen LogP contribution in [0.2, 0.25) is 0 Å². The highest BCUT2D eigenvalue weighted by Gasteiger charge is 2.24. The number of nitrogens with one attached hydrogen (secondary N) is 1. The van der Waals surface area contributed by atoms with Crippen molar-refractivity contribution in [3.8, 4) is 0 Å². The van der Waals surface area contributed by atoms with Gasteiger partial charge in [0.05, 0.1) is 18.0 Å². The number of amides is 1. The van der Waals surface area contributed by atoms with E-state index in [9.17, 15) is 4.79 Å². The third kappa shape index (κ3) is 3.39. The summed E-state index contributed by atoms with van der Waals surface area (Å²) in [4.78, 5) is 14.4. The Hall–Kier alpha value is -1.95. The van der Waals surface area contributed by atoms with E-state index >= 15 is 0 Å². The van der Waals surface area contributed by atoms with Crippen LogP contribution < -0.4 is 10.2 Å². The minimum absolute atomic E-state index is 0.0902. The van der Waals surface area contributed by atoms with Crippen LogP contribution in [0.1, 0.15) is 16.8 Å². The van der Waals surface area contributed by atoms with E-state index in [2.05, 4.69) is 48.5 Å². The zero-order valence-corrected chi connectivity index (χ0v) is 13.0. The molecule has 1 amide bonds. The first-order chi connectivity index (χ1) is 10.2.